The minimum atomic E-state index is -4.36. The number of carbonyl (C=O) groups is 1. The van der Waals surface area contributed by atoms with Crippen molar-refractivity contribution in [2.75, 3.05) is 6.61 Å². The lowest BCUT2D eigenvalue weighted by Gasteiger charge is -2.09. The van der Waals surface area contributed by atoms with Crippen molar-refractivity contribution in [2.45, 2.75) is 26.3 Å². The largest absolute Gasteiger partial charge is 0.411 e. The molecule has 1 aromatic heterocycles. The van der Waals surface area contributed by atoms with Gasteiger partial charge >= 0.3 is 6.18 Å². The highest BCUT2D eigenvalue weighted by molar-refractivity contribution is 5.94. The summed E-state index contributed by atoms with van der Waals surface area (Å²) >= 11 is 0. The number of aromatic nitrogens is 2. The Labute approximate surface area is 137 Å². The molecule has 0 saturated carbocycles. The Morgan fingerprint density at radius 2 is 2.08 bits per heavy atom. The predicted octanol–water partition coefficient (Wildman–Crippen LogP) is 2.74. The number of ether oxygens (including phenoxy) is 1. The molecule has 0 bridgehead atoms. The van der Waals surface area contributed by atoms with Crippen molar-refractivity contribution < 1.29 is 22.7 Å². The van der Waals surface area contributed by atoms with Gasteiger partial charge in [0.05, 0.1) is 24.5 Å². The second-order valence-electron chi connectivity index (χ2n) is 5.39. The number of amides is 1. The van der Waals surface area contributed by atoms with Crippen LogP contribution < -0.4 is 5.32 Å². The van der Waals surface area contributed by atoms with E-state index in [4.69, 9.17) is 0 Å². The summed E-state index contributed by atoms with van der Waals surface area (Å²) in [5.74, 6) is -0.313. The van der Waals surface area contributed by atoms with Gasteiger partial charge in [-0.3, -0.25) is 9.48 Å². The van der Waals surface area contributed by atoms with Crippen LogP contribution in [0.1, 0.15) is 27.3 Å². The van der Waals surface area contributed by atoms with E-state index in [1.54, 1.807) is 29.9 Å². The zero-order valence-corrected chi connectivity index (χ0v) is 13.4. The number of halogens is 3. The molecular weight excluding hydrogens is 323 g/mol. The number of hydrogen-bond acceptors (Lipinski definition) is 3. The zero-order valence-electron chi connectivity index (χ0n) is 13.4. The van der Waals surface area contributed by atoms with Crippen LogP contribution in [0.4, 0.5) is 13.2 Å². The first-order valence-electron chi connectivity index (χ1n) is 7.26. The molecule has 1 N–H and O–H groups in total. The maximum atomic E-state index is 12.2. The SMILES string of the molecule is Cc1cc(CNC(=O)c2cccc(COCC(F)(F)F)c2)n(C)n1. The molecule has 8 heteroatoms. The van der Waals surface area contributed by atoms with E-state index < -0.39 is 12.8 Å². The second-order valence-corrected chi connectivity index (χ2v) is 5.39. The second kappa shape index (κ2) is 7.48. The number of aryl methyl sites for hydroxylation is 2. The molecule has 0 atom stereocenters. The Morgan fingerprint density at radius 3 is 2.71 bits per heavy atom. The van der Waals surface area contributed by atoms with Crippen LogP contribution in [0.25, 0.3) is 0 Å². The Bertz CT molecular complexity index is 711. The third-order valence-electron chi connectivity index (χ3n) is 3.25. The van der Waals surface area contributed by atoms with E-state index in [2.05, 4.69) is 15.2 Å². The molecule has 0 aliphatic rings. The number of carbonyl (C=O) groups excluding carboxylic acids is 1. The molecule has 1 amide bonds. The van der Waals surface area contributed by atoms with Gasteiger partial charge in [0.15, 0.2) is 0 Å². The first kappa shape index (κ1) is 18.0. The van der Waals surface area contributed by atoms with Crippen LogP contribution >= 0.6 is 0 Å². The van der Waals surface area contributed by atoms with Crippen molar-refractivity contribution in [1.82, 2.24) is 15.1 Å². The summed E-state index contributed by atoms with van der Waals surface area (Å²) in [5, 5.41) is 6.94. The molecule has 5 nitrogen and oxygen atoms in total. The Hall–Kier alpha value is -2.35. The van der Waals surface area contributed by atoms with Crippen molar-refractivity contribution in [3.8, 4) is 0 Å². The minimum absolute atomic E-state index is 0.207. The van der Waals surface area contributed by atoms with E-state index >= 15 is 0 Å². The molecular formula is C16H18F3N3O2. The maximum Gasteiger partial charge on any atom is 0.411 e. The number of alkyl halides is 3. The summed E-state index contributed by atoms with van der Waals surface area (Å²) in [6, 6.07) is 8.19. The fourth-order valence-electron chi connectivity index (χ4n) is 2.19. The first-order valence-corrected chi connectivity index (χ1v) is 7.26. The van der Waals surface area contributed by atoms with Gasteiger partial charge in [0, 0.05) is 12.6 Å². The van der Waals surface area contributed by atoms with Gasteiger partial charge in [-0.15, -0.1) is 0 Å². The zero-order chi connectivity index (χ0) is 17.7. The smallest absolute Gasteiger partial charge is 0.367 e. The molecule has 24 heavy (non-hydrogen) atoms. The molecule has 1 aromatic carbocycles. The van der Waals surface area contributed by atoms with Crippen molar-refractivity contribution in [1.29, 1.82) is 0 Å². The minimum Gasteiger partial charge on any atom is -0.367 e. The molecule has 2 aromatic rings. The number of hydrogen-bond donors (Lipinski definition) is 1. The van der Waals surface area contributed by atoms with Crippen LogP contribution in [0.2, 0.25) is 0 Å². The summed E-state index contributed by atoms with van der Waals surface area (Å²) in [7, 11) is 1.78. The molecule has 1 heterocycles. The van der Waals surface area contributed by atoms with E-state index in [1.165, 1.54) is 6.07 Å². The van der Waals surface area contributed by atoms with Crippen LogP contribution in [0.5, 0.6) is 0 Å². The monoisotopic (exact) mass is 341 g/mol. The van der Waals surface area contributed by atoms with Crippen LogP contribution in [0.15, 0.2) is 30.3 Å². The van der Waals surface area contributed by atoms with E-state index in [1.807, 2.05) is 13.0 Å². The average molecular weight is 341 g/mol. The predicted molar refractivity (Wildman–Crippen MR) is 81.3 cm³/mol. The molecule has 0 saturated heterocycles. The summed E-state index contributed by atoms with van der Waals surface area (Å²) in [4.78, 5) is 12.2. The fraction of sp³-hybridized carbons (Fsp3) is 0.375. The lowest BCUT2D eigenvalue weighted by Crippen LogP contribution is -2.24. The molecule has 0 aliphatic carbocycles. The first-order chi connectivity index (χ1) is 11.2. The van der Waals surface area contributed by atoms with Crippen LogP contribution in [-0.4, -0.2) is 28.5 Å². The van der Waals surface area contributed by atoms with Gasteiger partial charge in [-0.05, 0) is 30.7 Å². The highest BCUT2D eigenvalue weighted by atomic mass is 19.4. The Balaban J connectivity index is 1.92. The summed E-state index contributed by atoms with van der Waals surface area (Å²) in [5.41, 5.74) is 2.57. The fourth-order valence-corrected chi connectivity index (χ4v) is 2.19. The molecule has 0 unspecified atom stereocenters. The van der Waals surface area contributed by atoms with Crippen LogP contribution in [-0.2, 0) is 24.9 Å². The van der Waals surface area contributed by atoms with E-state index in [0.29, 0.717) is 17.7 Å². The quantitative estimate of drug-likeness (QED) is 0.879. The van der Waals surface area contributed by atoms with Gasteiger partial charge < -0.3 is 10.1 Å². The van der Waals surface area contributed by atoms with Gasteiger partial charge in [-0.1, -0.05) is 12.1 Å². The van der Waals surface area contributed by atoms with Crippen molar-refractivity contribution in [3.63, 3.8) is 0 Å². The van der Waals surface area contributed by atoms with Crippen molar-refractivity contribution in [3.05, 3.63) is 52.8 Å². The van der Waals surface area contributed by atoms with Gasteiger partial charge in [0.2, 0.25) is 0 Å². The van der Waals surface area contributed by atoms with Crippen molar-refractivity contribution in [2.24, 2.45) is 7.05 Å². The Kier molecular flexibility index (Phi) is 5.61. The lowest BCUT2D eigenvalue weighted by molar-refractivity contribution is -0.176. The molecule has 0 aliphatic heterocycles. The summed E-state index contributed by atoms with van der Waals surface area (Å²) < 4.78 is 42.5. The number of nitrogens with one attached hydrogen (secondary N) is 1. The van der Waals surface area contributed by atoms with Gasteiger partial charge in [0.1, 0.15) is 6.61 Å². The topological polar surface area (TPSA) is 56.1 Å². The number of nitrogens with zero attached hydrogens (tertiary/aromatic N) is 2. The third kappa shape index (κ3) is 5.38. The van der Waals surface area contributed by atoms with Gasteiger partial charge in [-0.2, -0.15) is 18.3 Å². The highest BCUT2D eigenvalue weighted by Crippen LogP contribution is 2.16. The summed E-state index contributed by atoms with van der Waals surface area (Å²) in [6.45, 7) is 0.644. The Morgan fingerprint density at radius 1 is 1.33 bits per heavy atom. The normalized spacial score (nSPS) is 11.5. The van der Waals surface area contributed by atoms with Crippen LogP contribution in [0.3, 0.4) is 0 Å². The molecule has 0 radical (unpaired) electrons. The average Bonchev–Trinajstić information content (AvgIpc) is 2.81. The van der Waals surface area contributed by atoms with Crippen LogP contribution in [0, 0.1) is 6.92 Å². The standard InChI is InChI=1S/C16H18F3N3O2/c1-11-6-14(22(2)21-11)8-20-15(23)13-5-3-4-12(7-13)9-24-10-16(17,18)19/h3-7H,8-10H2,1-2H3,(H,20,23). The van der Waals surface area contributed by atoms with E-state index in [-0.39, 0.29) is 12.5 Å². The molecule has 2 rings (SSSR count). The molecule has 0 fully saturated rings. The van der Waals surface area contributed by atoms with E-state index in [0.717, 1.165) is 11.4 Å². The van der Waals surface area contributed by atoms with E-state index in [9.17, 15) is 18.0 Å². The number of rotatable bonds is 6. The highest BCUT2D eigenvalue weighted by Gasteiger charge is 2.27. The molecule has 0 spiro atoms. The molecule has 130 valence electrons. The van der Waals surface area contributed by atoms with Crippen molar-refractivity contribution >= 4 is 5.91 Å². The number of benzene rings is 1. The maximum absolute atomic E-state index is 12.2. The lowest BCUT2D eigenvalue weighted by atomic mass is 10.1. The third-order valence-corrected chi connectivity index (χ3v) is 3.25. The summed E-state index contributed by atoms with van der Waals surface area (Å²) in [6.07, 6.45) is -4.36. The van der Waals surface area contributed by atoms with Gasteiger partial charge in [-0.25, -0.2) is 0 Å². The van der Waals surface area contributed by atoms with Gasteiger partial charge in [0.25, 0.3) is 5.91 Å².